The number of aliphatic hydroxyl groups is 2. The van der Waals surface area contributed by atoms with Crippen LogP contribution in [-0.4, -0.2) is 205 Å². The predicted octanol–water partition coefficient (Wildman–Crippen LogP) is 2.13. The number of hydrogen-bond donors (Lipinski definition) is 6. The van der Waals surface area contributed by atoms with Crippen molar-refractivity contribution in [2.24, 2.45) is 5.41 Å². The third-order valence-electron chi connectivity index (χ3n) is 13.7. The van der Waals surface area contributed by atoms with E-state index in [1.165, 1.54) is 22.4 Å². The molecule has 6 N–H and O–H groups in total. The third kappa shape index (κ3) is 17.7. The molecular weight excluding hydrogens is 1020 g/mol. The number of carbonyl (C=O) groups is 5. The molecule has 0 saturated carbocycles. The second-order valence-corrected chi connectivity index (χ2v) is 21.7. The molecule has 5 amide bonds. The summed E-state index contributed by atoms with van der Waals surface area (Å²) in [6, 6.07) is 15.4. The number of aromatic nitrogens is 3. The Kier molecular flexibility index (Phi) is 22.4. The molecule has 22 nitrogen and oxygen atoms in total. The molecule has 3 aliphatic rings. The quantitative estimate of drug-likeness (QED) is 0.0425. The minimum absolute atomic E-state index is 0.0346. The van der Waals surface area contributed by atoms with Gasteiger partial charge in [0.25, 0.3) is 5.91 Å². The number of fused-ring (bicyclic) bond motifs is 1. The van der Waals surface area contributed by atoms with E-state index < -0.39 is 47.4 Å². The van der Waals surface area contributed by atoms with Gasteiger partial charge in [-0.1, -0.05) is 69.3 Å². The summed E-state index contributed by atoms with van der Waals surface area (Å²) in [5, 5.41) is 33.0. The topological polar surface area (TPSA) is 268 Å². The zero-order valence-corrected chi connectivity index (χ0v) is 46.1. The molecule has 0 radical (unpaired) electrons. The van der Waals surface area contributed by atoms with Gasteiger partial charge >= 0.3 is 0 Å². The minimum Gasteiger partial charge on any atom is -0.391 e. The number of nitrogens with one attached hydrogen (secondary N) is 4. The minimum atomic E-state index is -0.988. The van der Waals surface area contributed by atoms with Crippen LogP contribution < -0.4 is 21.3 Å². The highest BCUT2D eigenvalue weighted by molar-refractivity contribution is 7.13. The lowest BCUT2D eigenvalue weighted by atomic mass is 9.85. The van der Waals surface area contributed by atoms with Crippen molar-refractivity contribution in [2.45, 2.75) is 90.4 Å². The summed E-state index contributed by atoms with van der Waals surface area (Å²) in [7, 11) is 0. The number of amides is 5. The summed E-state index contributed by atoms with van der Waals surface area (Å²) in [5.41, 5.74) is 6.74. The second kappa shape index (κ2) is 29.3. The van der Waals surface area contributed by atoms with Gasteiger partial charge in [-0.15, -0.1) is 11.3 Å². The fourth-order valence-corrected chi connectivity index (χ4v) is 10.1. The first-order valence-electron chi connectivity index (χ1n) is 26.6. The summed E-state index contributed by atoms with van der Waals surface area (Å²) in [5.74, 6) is -1.44. The zero-order chi connectivity index (χ0) is 55.6. The molecule has 78 heavy (non-hydrogen) atoms. The number of aryl methyl sites for hydroxylation is 1. The monoisotopic (exact) mass is 1100 g/mol. The lowest BCUT2D eigenvalue weighted by Crippen LogP contribution is -2.58. The molecule has 0 bridgehead atoms. The van der Waals surface area contributed by atoms with Crippen LogP contribution in [0.2, 0.25) is 0 Å². The van der Waals surface area contributed by atoms with E-state index in [2.05, 4.69) is 53.3 Å². The standard InChI is InChI=1S/C55H76N10O12S/c1-36(38-10-12-40(13-11-38)50-37(2)59-35-78-50)60-53(71)46-24-43(66)31-65(46)54(72)51(55(3,4)5)62-48(68)32-76-22-20-74-18-16-73-17-19-75-21-23-77-33-49(69)64-28-42(29-64)61-47-25-45(57-34-58-47)52(70)56-26-44(67)30-63-15-14-39-8-6-7-9-41(39)27-63/h6-13,25,34-36,42-44,46,51,66-67H,14-24,26-33H2,1-5H3,(H,56,70)(H,60,71)(H,62,68)(H,57,58,61). The zero-order valence-electron chi connectivity index (χ0n) is 45.3. The van der Waals surface area contributed by atoms with Crippen LogP contribution in [0.25, 0.3) is 10.4 Å². The number of nitrogens with zero attached hydrogens (tertiary/aromatic N) is 6. The molecule has 2 saturated heterocycles. The van der Waals surface area contributed by atoms with Gasteiger partial charge in [-0.25, -0.2) is 15.0 Å². The van der Waals surface area contributed by atoms with Crippen LogP contribution in [0, 0.1) is 12.3 Å². The largest absolute Gasteiger partial charge is 0.391 e. The van der Waals surface area contributed by atoms with Gasteiger partial charge in [0, 0.05) is 58.3 Å². The number of β-amino-alcohol motifs (C(OH)–C–C–N with tert-alkyl or cyclic N) is 2. The molecule has 5 atom stereocenters. The van der Waals surface area contributed by atoms with Crippen LogP contribution in [0.4, 0.5) is 5.82 Å². The maximum absolute atomic E-state index is 14.0. The normalized spacial score (nSPS) is 17.9. The Morgan fingerprint density at radius 1 is 0.821 bits per heavy atom. The Morgan fingerprint density at radius 3 is 2.13 bits per heavy atom. The molecule has 2 aromatic carbocycles. The first-order chi connectivity index (χ1) is 37.5. The van der Waals surface area contributed by atoms with Gasteiger partial charge in [-0.3, -0.25) is 28.9 Å². The second-order valence-electron chi connectivity index (χ2n) is 20.9. The summed E-state index contributed by atoms with van der Waals surface area (Å²) in [6.07, 6.45) is 0.690. The van der Waals surface area contributed by atoms with E-state index in [9.17, 15) is 34.2 Å². The van der Waals surface area contributed by atoms with Crippen molar-refractivity contribution in [2.75, 3.05) is 111 Å². The molecule has 0 aliphatic carbocycles. The fourth-order valence-electron chi connectivity index (χ4n) is 9.33. The van der Waals surface area contributed by atoms with Gasteiger partial charge in [0.15, 0.2) is 0 Å². The van der Waals surface area contributed by atoms with Crippen molar-refractivity contribution in [1.82, 2.24) is 45.6 Å². The number of thiazole rings is 1. The van der Waals surface area contributed by atoms with E-state index >= 15 is 0 Å². The molecule has 7 rings (SSSR count). The van der Waals surface area contributed by atoms with E-state index in [0.29, 0.717) is 51.9 Å². The van der Waals surface area contributed by atoms with Gasteiger partial charge in [0.05, 0.1) is 93.2 Å². The molecule has 23 heteroatoms. The molecule has 2 aromatic heterocycles. The van der Waals surface area contributed by atoms with Gasteiger partial charge in [-0.2, -0.15) is 0 Å². The number of anilines is 1. The summed E-state index contributed by atoms with van der Waals surface area (Å²) >= 11 is 1.57. The van der Waals surface area contributed by atoms with E-state index in [1.54, 1.807) is 22.3 Å². The Labute approximate surface area is 459 Å². The van der Waals surface area contributed by atoms with Crippen LogP contribution in [0.3, 0.4) is 0 Å². The summed E-state index contributed by atoms with van der Waals surface area (Å²) in [6.45, 7) is 14.1. The Morgan fingerprint density at radius 2 is 1.47 bits per heavy atom. The van der Waals surface area contributed by atoms with E-state index in [4.69, 9.17) is 23.7 Å². The average Bonchev–Trinajstić information content (AvgIpc) is 4.05. The highest BCUT2D eigenvalue weighted by Gasteiger charge is 2.45. The number of hydrogen-bond acceptors (Lipinski definition) is 18. The fraction of sp³-hybridized carbons (Fsp3) is 0.564. The van der Waals surface area contributed by atoms with Gasteiger partial charge in [0.1, 0.15) is 43.1 Å². The highest BCUT2D eigenvalue weighted by Crippen LogP contribution is 2.30. The molecule has 5 heterocycles. The summed E-state index contributed by atoms with van der Waals surface area (Å²) in [4.78, 5) is 85.0. The molecule has 3 aliphatic heterocycles. The number of benzene rings is 2. The van der Waals surface area contributed by atoms with Crippen molar-refractivity contribution in [1.29, 1.82) is 0 Å². The van der Waals surface area contributed by atoms with Crippen molar-refractivity contribution >= 4 is 46.7 Å². The molecule has 424 valence electrons. The van der Waals surface area contributed by atoms with Crippen LogP contribution in [0.1, 0.15) is 73.0 Å². The van der Waals surface area contributed by atoms with E-state index in [1.807, 2.05) is 76.5 Å². The maximum Gasteiger partial charge on any atom is 0.270 e. The average molecular weight is 1100 g/mol. The Bertz CT molecular complexity index is 2600. The first-order valence-corrected chi connectivity index (χ1v) is 27.5. The molecule has 4 aromatic rings. The van der Waals surface area contributed by atoms with Crippen LogP contribution in [0.15, 0.2) is 66.4 Å². The van der Waals surface area contributed by atoms with E-state index in [-0.39, 0.29) is 88.7 Å². The van der Waals surface area contributed by atoms with Crippen LogP contribution in [0.5, 0.6) is 0 Å². The lowest BCUT2D eigenvalue weighted by molar-refractivity contribution is -0.144. The maximum atomic E-state index is 14.0. The van der Waals surface area contributed by atoms with Gasteiger partial charge < -0.3 is 65.0 Å². The molecule has 2 fully saturated rings. The van der Waals surface area contributed by atoms with Crippen LogP contribution >= 0.6 is 11.3 Å². The van der Waals surface area contributed by atoms with E-state index in [0.717, 1.165) is 41.2 Å². The van der Waals surface area contributed by atoms with Crippen LogP contribution in [-0.2, 0) is 55.8 Å². The Hall–Kier alpha value is -6.02. The third-order valence-corrected chi connectivity index (χ3v) is 14.6. The number of rotatable bonds is 29. The van der Waals surface area contributed by atoms with Crippen molar-refractivity contribution in [3.05, 3.63) is 94.5 Å². The van der Waals surface area contributed by atoms with Gasteiger partial charge in [0.2, 0.25) is 23.6 Å². The van der Waals surface area contributed by atoms with Crippen molar-refractivity contribution in [3.63, 3.8) is 0 Å². The van der Waals surface area contributed by atoms with Crippen molar-refractivity contribution < 1.29 is 57.9 Å². The first kappa shape index (κ1) is 59.6. The smallest absolute Gasteiger partial charge is 0.270 e. The molecule has 5 unspecified atom stereocenters. The SMILES string of the molecule is Cc1ncsc1-c1ccc(C(C)NC(=O)C2CC(O)CN2C(=O)C(NC(=O)COCCOCCOCCOCCOCC(=O)N2CC(Nc3cc(C(=O)NCC(O)CN4CCc5ccccc5C4)ncn3)C2)C(C)(C)C)cc1. The lowest BCUT2D eigenvalue weighted by Gasteiger charge is -2.39. The van der Waals surface area contributed by atoms with Gasteiger partial charge in [-0.05, 0) is 47.9 Å². The highest BCUT2D eigenvalue weighted by atomic mass is 32.1. The summed E-state index contributed by atoms with van der Waals surface area (Å²) < 4.78 is 27.7. The molecule has 0 spiro atoms. The number of ether oxygens (including phenoxy) is 5. The van der Waals surface area contributed by atoms with Crippen molar-refractivity contribution in [3.8, 4) is 10.4 Å². The molecular formula is C55H76N10O12S. The predicted molar refractivity (Wildman–Crippen MR) is 290 cm³/mol. The Balaban J connectivity index is 0.671. The number of aliphatic hydroxyl groups excluding tert-OH is 2. The number of carbonyl (C=O) groups excluding carboxylic acids is 5. The number of likely N-dealkylation sites (tertiary alicyclic amines) is 2.